The van der Waals surface area contributed by atoms with Crippen molar-refractivity contribution in [3.8, 4) is 0 Å². The molecule has 0 saturated carbocycles. The molecule has 2 heterocycles. The van der Waals surface area contributed by atoms with Crippen molar-refractivity contribution in [1.82, 2.24) is 19.8 Å². The fourth-order valence-corrected chi connectivity index (χ4v) is 4.60. The molecule has 8 heteroatoms. The van der Waals surface area contributed by atoms with E-state index in [-0.39, 0.29) is 18.4 Å². The average molecular weight is 337 g/mol. The molecule has 0 aromatic carbocycles. The predicted molar refractivity (Wildman–Crippen MR) is 85.4 cm³/mol. The number of halogens is 1. The van der Waals surface area contributed by atoms with Crippen LogP contribution in [0.5, 0.6) is 0 Å². The number of nitrogens with one attached hydrogen (secondary N) is 2. The van der Waals surface area contributed by atoms with Crippen LogP contribution in [0.2, 0.25) is 0 Å². The predicted octanol–water partition coefficient (Wildman–Crippen LogP) is 0.997. The molecule has 21 heavy (non-hydrogen) atoms. The second-order valence-electron chi connectivity index (χ2n) is 5.22. The van der Waals surface area contributed by atoms with Gasteiger partial charge < -0.3 is 5.32 Å². The lowest BCUT2D eigenvalue weighted by molar-refractivity contribution is 0.428. The average Bonchev–Trinajstić information content (AvgIpc) is 2.76. The van der Waals surface area contributed by atoms with Gasteiger partial charge in [0, 0.05) is 19.6 Å². The standard InChI is InChI=1S/C13H24N4O2S.ClH/c1-4-11-13(12(5-2)17(3)15-11)20(18,19)16-10-7-6-8-14-9-10;/h10,14,16H,4-9H2,1-3H3;1H. The van der Waals surface area contributed by atoms with Crippen LogP contribution < -0.4 is 10.0 Å². The van der Waals surface area contributed by atoms with Crippen LogP contribution in [0.3, 0.4) is 0 Å². The minimum absolute atomic E-state index is 0. The van der Waals surface area contributed by atoms with Gasteiger partial charge in [0.1, 0.15) is 4.90 Å². The molecule has 1 atom stereocenters. The summed E-state index contributed by atoms with van der Waals surface area (Å²) in [7, 11) is -1.69. The van der Waals surface area contributed by atoms with E-state index in [0.29, 0.717) is 30.0 Å². The molecule has 1 fully saturated rings. The molecule has 1 unspecified atom stereocenters. The maximum Gasteiger partial charge on any atom is 0.244 e. The Hall–Kier alpha value is -0.630. The van der Waals surface area contributed by atoms with Crippen LogP contribution in [-0.4, -0.2) is 37.3 Å². The number of nitrogens with zero attached hydrogens (tertiary/aromatic N) is 2. The number of rotatable bonds is 5. The number of hydrogen-bond donors (Lipinski definition) is 2. The van der Waals surface area contributed by atoms with E-state index < -0.39 is 10.0 Å². The summed E-state index contributed by atoms with van der Waals surface area (Å²) in [5, 5.41) is 7.56. The van der Waals surface area contributed by atoms with Crippen LogP contribution in [-0.2, 0) is 29.9 Å². The fourth-order valence-electron chi connectivity index (χ4n) is 2.76. The molecule has 2 N–H and O–H groups in total. The molecule has 1 saturated heterocycles. The number of hydrogen-bond acceptors (Lipinski definition) is 4. The number of aromatic nitrogens is 2. The minimum Gasteiger partial charge on any atom is -0.315 e. The summed E-state index contributed by atoms with van der Waals surface area (Å²) in [6, 6.07) is -0.0247. The van der Waals surface area contributed by atoms with Crippen LogP contribution in [0.25, 0.3) is 0 Å². The van der Waals surface area contributed by atoms with E-state index in [0.717, 1.165) is 25.1 Å². The molecule has 1 aliphatic rings. The summed E-state index contributed by atoms with van der Waals surface area (Å²) in [5.74, 6) is 0. The first-order chi connectivity index (χ1) is 9.49. The Morgan fingerprint density at radius 1 is 1.38 bits per heavy atom. The first kappa shape index (κ1) is 18.4. The zero-order chi connectivity index (χ0) is 14.8. The fraction of sp³-hybridized carbons (Fsp3) is 0.769. The van der Waals surface area contributed by atoms with Gasteiger partial charge in [-0.05, 0) is 32.2 Å². The highest BCUT2D eigenvalue weighted by atomic mass is 35.5. The lowest BCUT2D eigenvalue weighted by Gasteiger charge is -2.23. The van der Waals surface area contributed by atoms with Crippen molar-refractivity contribution >= 4 is 22.4 Å². The topological polar surface area (TPSA) is 76.0 Å². The molecule has 0 bridgehead atoms. The Morgan fingerprint density at radius 3 is 2.62 bits per heavy atom. The number of piperidine rings is 1. The molecule has 1 aliphatic heterocycles. The monoisotopic (exact) mass is 336 g/mol. The lowest BCUT2D eigenvalue weighted by atomic mass is 10.1. The zero-order valence-corrected chi connectivity index (χ0v) is 14.5. The van der Waals surface area contributed by atoms with Gasteiger partial charge in [-0.2, -0.15) is 5.10 Å². The van der Waals surface area contributed by atoms with Crippen molar-refractivity contribution < 1.29 is 8.42 Å². The van der Waals surface area contributed by atoms with Crippen LogP contribution in [0.4, 0.5) is 0 Å². The van der Waals surface area contributed by atoms with E-state index in [9.17, 15) is 8.42 Å². The Labute approximate surface area is 133 Å². The summed E-state index contributed by atoms with van der Waals surface area (Å²) in [6.45, 7) is 5.55. The molecule has 1 aromatic rings. The molecular formula is C13H25ClN4O2S. The van der Waals surface area contributed by atoms with Gasteiger partial charge in [0.2, 0.25) is 10.0 Å². The highest BCUT2D eigenvalue weighted by Crippen LogP contribution is 2.22. The molecule has 2 rings (SSSR count). The Kier molecular flexibility index (Phi) is 6.65. The van der Waals surface area contributed by atoms with E-state index in [1.165, 1.54) is 0 Å². The van der Waals surface area contributed by atoms with E-state index in [1.807, 2.05) is 13.8 Å². The van der Waals surface area contributed by atoms with Gasteiger partial charge in [-0.3, -0.25) is 4.68 Å². The van der Waals surface area contributed by atoms with Crippen LogP contribution in [0.1, 0.15) is 38.1 Å². The van der Waals surface area contributed by atoms with E-state index in [4.69, 9.17) is 0 Å². The molecule has 0 amide bonds. The molecule has 6 nitrogen and oxygen atoms in total. The molecule has 122 valence electrons. The van der Waals surface area contributed by atoms with Crippen molar-refractivity contribution in [2.75, 3.05) is 13.1 Å². The quantitative estimate of drug-likeness (QED) is 0.841. The van der Waals surface area contributed by atoms with Crippen molar-refractivity contribution in [3.05, 3.63) is 11.4 Å². The summed E-state index contributed by atoms with van der Waals surface area (Å²) in [6.07, 6.45) is 3.16. The molecule has 0 aliphatic carbocycles. The van der Waals surface area contributed by atoms with Crippen molar-refractivity contribution in [2.24, 2.45) is 7.05 Å². The van der Waals surface area contributed by atoms with E-state index >= 15 is 0 Å². The Balaban J connectivity index is 0.00000220. The van der Waals surface area contributed by atoms with Crippen molar-refractivity contribution in [2.45, 2.75) is 50.5 Å². The van der Waals surface area contributed by atoms with Gasteiger partial charge in [0.05, 0.1) is 11.4 Å². The highest BCUT2D eigenvalue weighted by molar-refractivity contribution is 7.89. The highest BCUT2D eigenvalue weighted by Gasteiger charge is 2.29. The maximum atomic E-state index is 12.7. The van der Waals surface area contributed by atoms with Crippen LogP contribution in [0, 0.1) is 0 Å². The van der Waals surface area contributed by atoms with Crippen molar-refractivity contribution in [1.29, 1.82) is 0 Å². The van der Waals surface area contributed by atoms with Gasteiger partial charge in [-0.1, -0.05) is 13.8 Å². The third kappa shape index (κ3) is 3.97. The largest absolute Gasteiger partial charge is 0.315 e. The second kappa shape index (κ2) is 7.58. The van der Waals surface area contributed by atoms with Crippen LogP contribution >= 0.6 is 12.4 Å². The first-order valence-electron chi connectivity index (χ1n) is 7.27. The first-order valence-corrected chi connectivity index (χ1v) is 8.75. The minimum atomic E-state index is -3.50. The van der Waals surface area contributed by atoms with Gasteiger partial charge >= 0.3 is 0 Å². The SMILES string of the molecule is CCc1nn(C)c(CC)c1S(=O)(=O)NC1CCCNC1.Cl. The van der Waals surface area contributed by atoms with Gasteiger partial charge in [-0.15, -0.1) is 12.4 Å². The molecular weight excluding hydrogens is 312 g/mol. The smallest absolute Gasteiger partial charge is 0.244 e. The van der Waals surface area contributed by atoms with E-state index in [1.54, 1.807) is 11.7 Å². The summed E-state index contributed by atoms with van der Waals surface area (Å²) < 4.78 is 29.9. The van der Waals surface area contributed by atoms with Crippen LogP contribution in [0.15, 0.2) is 4.90 Å². The normalized spacial score (nSPS) is 19.3. The third-order valence-corrected chi connectivity index (χ3v) is 5.40. The van der Waals surface area contributed by atoms with E-state index in [2.05, 4.69) is 15.1 Å². The summed E-state index contributed by atoms with van der Waals surface area (Å²) in [5.41, 5.74) is 1.43. The third-order valence-electron chi connectivity index (χ3n) is 3.74. The van der Waals surface area contributed by atoms with Gasteiger partial charge in [0.25, 0.3) is 0 Å². The lowest BCUT2D eigenvalue weighted by Crippen LogP contribution is -2.45. The maximum absolute atomic E-state index is 12.7. The summed E-state index contributed by atoms with van der Waals surface area (Å²) >= 11 is 0. The molecule has 0 radical (unpaired) electrons. The number of sulfonamides is 1. The zero-order valence-electron chi connectivity index (χ0n) is 12.8. The Bertz CT molecular complexity index is 565. The Morgan fingerprint density at radius 2 is 2.10 bits per heavy atom. The molecule has 1 aromatic heterocycles. The van der Waals surface area contributed by atoms with Gasteiger partial charge in [0.15, 0.2) is 0 Å². The van der Waals surface area contributed by atoms with Crippen molar-refractivity contribution in [3.63, 3.8) is 0 Å². The second-order valence-corrected chi connectivity index (χ2v) is 6.87. The molecule has 0 spiro atoms. The number of aryl methyl sites for hydroxylation is 2. The summed E-state index contributed by atoms with van der Waals surface area (Å²) in [4.78, 5) is 0.385. The van der Waals surface area contributed by atoms with Gasteiger partial charge in [-0.25, -0.2) is 13.1 Å².